The Morgan fingerprint density at radius 1 is 1.06 bits per heavy atom. The lowest BCUT2D eigenvalue weighted by molar-refractivity contribution is 0.0699. The van der Waals surface area contributed by atoms with Crippen molar-refractivity contribution in [3.05, 3.63) is 41.6 Å². The molecule has 0 unspecified atom stereocenters. The number of carbonyl (C=O) groups is 1. The molecule has 0 atom stereocenters. The van der Waals surface area contributed by atoms with Crippen LogP contribution in [0.3, 0.4) is 0 Å². The van der Waals surface area contributed by atoms with Crippen LogP contribution in [0.25, 0.3) is 10.9 Å². The largest absolute Gasteiger partial charge is 0.478 e. The molecule has 2 aromatic rings. The maximum Gasteiger partial charge on any atom is 0.336 e. The van der Waals surface area contributed by atoms with Crippen LogP contribution in [-0.4, -0.2) is 16.1 Å². The molecule has 0 saturated heterocycles. The highest BCUT2D eigenvalue weighted by molar-refractivity contribution is 6.02. The van der Waals surface area contributed by atoms with Gasteiger partial charge in [-0.3, -0.25) is 4.98 Å². The van der Waals surface area contributed by atoms with E-state index in [1.54, 1.807) is 18.2 Å². The summed E-state index contributed by atoms with van der Waals surface area (Å²) >= 11 is 0. The fourth-order valence-corrected chi connectivity index (χ4v) is 1.44. The lowest BCUT2D eigenvalue weighted by atomic mass is 10.1. The number of nitrogens with zero attached hydrogens (tertiary/aromatic N) is 1. The number of rotatable bonds is 1. The molecule has 1 heterocycles. The number of pyridine rings is 1. The summed E-state index contributed by atoms with van der Waals surface area (Å²) < 4.78 is 0. The van der Waals surface area contributed by atoms with Crippen molar-refractivity contribution in [2.75, 3.05) is 0 Å². The predicted octanol–water partition coefficient (Wildman–Crippen LogP) is 4.29. The van der Waals surface area contributed by atoms with E-state index in [4.69, 9.17) is 5.11 Å². The van der Waals surface area contributed by atoms with Crippen molar-refractivity contribution in [3.63, 3.8) is 0 Å². The standard InChI is InChI=1S/C11H9NO2.2C2H6/c1-7-5-6-8-9(11(13)14)3-2-4-10(8)12-7;2*1-2/h2-6H,1H3,(H,13,14);2*1-2H3. The molecule has 0 radical (unpaired) electrons. The molecule has 3 heteroatoms. The smallest absolute Gasteiger partial charge is 0.336 e. The van der Waals surface area contributed by atoms with E-state index in [1.807, 2.05) is 46.8 Å². The number of hydrogen-bond donors (Lipinski definition) is 1. The molecule has 2 rings (SSSR count). The molecule has 0 aliphatic heterocycles. The number of fused-ring (bicyclic) bond motifs is 1. The van der Waals surface area contributed by atoms with Gasteiger partial charge < -0.3 is 5.11 Å². The molecule has 0 aliphatic carbocycles. The Bertz CT molecular complexity index is 507. The zero-order valence-electron chi connectivity index (χ0n) is 11.7. The summed E-state index contributed by atoms with van der Waals surface area (Å²) in [6.07, 6.45) is 0. The van der Waals surface area contributed by atoms with Gasteiger partial charge in [0.05, 0.1) is 11.1 Å². The molecule has 0 amide bonds. The van der Waals surface area contributed by atoms with Gasteiger partial charge in [-0.25, -0.2) is 4.79 Å². The Hall–Kier alpha value is -1.90. The van der Waals surface area contributed by atoms with Gasteiger partial charge in [0.25, 0.3) is 0 Å². The van der Waals surface area contributed by atoms with E-state index in [-0.39, 0.29) is 0 Å². The molecule has 0 fully saturated rings. The summed E-state index contributed by atoms with van der Waals surface area (Å²) in [5, 5.41) is 9.61. The highest BCUT2D eigenvalue weighted by Gasteiger charge is 2.07. The third kappa shape index (κ3) is 3.84. The van der Waals surface area contributed by atoms with E-state index < -0.39 is 5.97 Å². The van der Waals surface area contributed by atoms with Gasteiger partial charge in [0.15, 0.2) is 0 Å². The van der Waals surface area contributed by atoms with Gasteiger partial charge in [-0.1, -0.05) is 39.8 Å². The Morgan fingerprint density at radius 2 is 1.67 bits per heavy atom. The molecule has 0 saturated carbocycles. The first-order chi connectivity index (χ1) is 8.68. The van der Waals surface area contributed by atoms with Crippen LogP contribution in [0, 0.1) is 6.92 Å². The minimum atomic E-state index is -0.916. The van der Waals surface area contributed by atoms with Gasteiger partial charge in [0.2, 0.25) is 0 Å². The van der Waals surface area contributed by atoms with Crippen LogP contribution >= 0.6 is 0 Å². The van der Waals surface area contributed by atoms with Crippen LogP contribution in [0.5, 0.6) is 0 Å². The summed E-state index contributed by atoms with van der Waals surface area (Å²) in [5.74, 6) is -0.916. The van der Waals surface area contributed by atoms with Gasteiger partial charge in [0, 0.05) is 11.1 Å². The zero-order chi connectivity index (χ0) is 14.1. The minimum absolute atomic E-state index is 0.301. The molecule has 1 aromatic carbocycles. The normalized spacial score (nSPS) is 8.72. The molecule has 1 aromatic heterocycles. The molecule has 0 bridgehead atoms. The molecule has 98 valence electrons. The second-order valence-electron chi connectivity index (χ2n) is 3.13. The van der Waals surface area contributed by atoms with Crippen molar-refractivity contribution in [2.24, 2.45) is 0 Å². The average Bonchev–Trinajstić information content (AvgIpc) is 2.42. The average molecular weight is 247 g/mol. The predicted molar refractivity (Wildman–Crippen MR) is 76.1 cm³/mol. The third-order valence-corrected chi connectivity index (χ3v) is 2.10. The van der Waals surface area contributed by atoms with Gasteiger partial charge in [0.1, 0.15) is 0 Å². The number of aromatic nitrogens is 1. The maximum absolute atomic E-state index is 10.9. The zero-order valence-corrected chi connectivity index (χ0v) is 11.7. The van der Waals surface area contributed by atoms with Crippen molar-refractivity contribution >= 4 is 16.9 Å². The fraction of sp³-hybridized carbons (Fsp3) is 0.333. The first kappa shape index (κ1) is 16.1. The van der Waals surface area contributed by atoms with Gasteiger partial charge >= 0.3 is 5.97 Å². The lowest BCUT2D eigenvalue weighted by Crippen LogP contribution is -1.97. The van der Waals surface area contributed by atoms with Crippen molar-refractivity contribution < 1.29 is 9.90 Å². The van der Waals surface area contributed by atoms with Crippen LogP contribution in [0.1, 0.15) is 43.7 Å². The van der Waals surface area contributed by atoms with E-state index >= 15 is 0 Å². The monoisotopic (exact) mass is 247 g/mol. The molecule has 3 nitrogen and oxygen atoms in total. The molecule has 18 heavy (non-hydrogen) atoms. The fourth-order valence-electron chi connectivity index (χ4n) is 1.44. The number of carboxylic acid groups (broad SMARTS) is 1. The summed E-state index contributed by atoms with van der Waals surface area (Å²) in [5.41, 5.74) is 1.92. The lowest BCUT2D eigenvalue weighted by Gasteiger charge is -2.01. The van der Waals surface area contributed by atoms with Crippen molar-refractivity contribution in [3.8, 4) is 0 Å². The van der Waals surface area contributed by atoms with Gasteiger partial charge in [-0.15, -0.1) is 0 Å². The summed E-state index contributed by atoms with van der Waals surface area (Å²) in [7, 11) is 0. The van der Waals surface area contributed by atoms with E-state index in [2.05, 4.69) is 4.98 Å². The van der Waals surface area contributed by atoms with Crippen LogP contribution < -0.4 is 0 Å². The second-order valence-corrected chi connectivity index (χ2v) is 3.13. The Balaban J connectivity index is 0.000000659. The number of hydrogen-bond acceptors (Lipinski definition) is 2. The van der Waals surface area contributed by atoms with E-state index in [0.717, 1.165) is 11.2 Å². The highest BCUT2D eigenvalue weighted by Crippen LogP contribution is 2.17. The molecule has 1 N–H and O–H groups in total. The summed E-state index contributed by atoms with van der Waals surface area (Å²) in [4.78, 5) is 15.1. The quantitative estimate of drug-likeness (QED) is 0.817. The van der Waals surface area contributed by atoms with E-state index in [1.165, 1.54) is 0 Å². The SMILES string of the molecule is CC.CC.Cc1ccc2c(C(=O)O)cccc2n1. The first-order valence-corrected chi connectivity index (χ1v) is 6.28. The van der Waals surface area contributed by atoms with Crippen LogP contribution in [-0.2, 0) is 0 Å². The van der Waals surface area contributed by atoms with Gasteiger partial charge in [-0.2, -0.15) is 0 Å². The summed E-state index contributed by atoms with van der Waals surface area (Å²) in [6, 6.07) is 8.71. The van der Waals surface area contributed by atoms with Crippen LogP contribution in [0.2, 0.25) is 0 Å². The Morgan fingerprint density at radius 3 is 2.22 bits per heavy atom. The van der Waals surface area contributed by atoms with E-state index in [0.29, 0.717) is 10.9 Å². The van der Waals surface area contributed by atoms with E-state index in [9.17, 15) is 4.79 Å². The topological polar surface area (TPSA) is 50.2 Å². The van der Waals surface area contributed by atoms with Gasteiger partial charge in [-0.05, 0) is 25.1 Å². The Labute approximate surface area is 108 Å². The second kappa shape index (κ2) is 8.23. The molecule has 0 spiro atoms. The summed E-state index contributed by atoms with van der Waals surface area (Å²) in [6.45, 7) is 9.88. The van der Waals surface area contributed by atoms with Crippen LogP contribution in [0.15, 0.2) is 30.3 Å². The Kier molecular flexibility index (Phi) is 7.36. The molecular weight excluding hydrogens is 226 g/mol. The van der Waals surface area contributed by atoms with Crippen molar-refractivity contribution in [1.29, 1.82) is 0 Å². The number of aromatic carboxylic acids is 1. The highest BCUT2D eigenvalue weighted by atomic mass is 16.4. The maximum atomic E-state index is 10.9. The van der Waals surface area contributed by atoms with Crippen LogP contribution in [0.4, 0.5) is 0 Å². The molecule has 0 aliphatic rings. The third-order valence-electron chi connectivity index (χ3n) is 2.10. The molecular formula is C15H21NO2. The first-order valence-electron chi connectivity index (χ1n) is 6.28. The van der Waals surface area contributed by atoms with Crippen molar-refractivity contribution in [2.45, 2.75) is 34.6 Å². The number of benzene rings is 1. The number of aryl methyl sites for hydroxylation is 1. The van der Waals surface area contributed by atoms with Crippen molar-refractivity contribution in [1.82, 2.24) is 4.98 Å². The number of carboxylic acids is 1. The minimum Gasteiger partial charge on any atom is -0.478 e.